The second-order valence-electron chi connectivity index (χ2n) is 3.73. The number of hydrogen-bond acceptors (Lipinski definition) is 1. The zero-order valence-corrected chi connectivity index (χ0v) is 8.70. The van der Waals surface area contributed by atoms with Crippen LogP contribution in [0.5, 0.6) is 0 Å². The summed E-state index contributed by atoms with van der Waals surface area (Å²) in [4.78, 5) is 0. The normalized spacial score (nSPS) is 20.4. The predicted octanol–water partition coefficient (Wildman–Crippen LogP) is 3.27. The van der Waals surface area contributed by atoms with E-state index in [0.29, 0.717) is 12.1 Å². The molecule has 1 aliphatic rings. The molecule has 0 aliphatic heterocycles. The molecule has 0 saturated carbocycles. The zero-order valence-electron chi connectivity index (χ0n) is 8.70. The van der Waals surface area contributed by atoms with Crippen LogP contribution in [0.2, 0.25) is 0 Å². The molecule has 1 aromatic rings. The van der Waals surface area contributed by atoms with Gasteiger partial charge in [0.1, 0.15) is 0 Å². The maximum atomic E-state index is 12.4. The second-order valence-corrected chi connectivity index (χ2v) is 3.73. The number of hydrogen-bond donors (Lipinski definition) is 0. The largest absolute Gasteiger partial charge is 0.435 e. The van der Waals surface area contributed by atoms with Crippen LogP contribution in [0.1, 0.15) is 23.9 Å². The van der Waals surface area contributed by atoms with Gasteiger partial charge in [-0.3, -0.25) is 4.68 Å². The van der Waals surface area contributed by atoms with E-state index in [-0.39, 0.29) is 6.04 Å². The van der Waals surface area contributed by atoms with Crippen LogP contribution >= 0.6 is 0 Å². The number of alkyl halides is 3. The number of halogens is 3. The van der Waals surface area contributed by atoms with Crippen LogP contribution in [0.4, 0.5) is 13.2 Å². The minimum Gasteiger partial charge on any atom is -0.262 e. The summed E-state index contributed by atoms with van der Waals surface area (Å²) >= 11 is 0. The highest BCUT2D eigenvalue weighted by molar-refractivity contribution is 5.18. The van der Waals surface area contributed by atoms with Gasteiger partial charge in [-0.05, 0) is 19.4 Å². The van der Waals surface area contributed by atoms with Gasteiger partial charge in [-0.15, -0.1) is 0 Å². The summed E-state index contributed by atoms with van der Waals surface area (Å²) in [6.45, 7) is 1.63. The van der Waals surface area contributed by atoms with E-state index in [1.807, 2.05) is 24.3 Å². The molecule has 2 rings (SSSR count). The van der Waals surface area contributed by atoms with Crippen molar-refractivity contribution in [2.45, 2.75) is 25.6 Å². The first-order valence-electron chi connectivity index (χ1n) is 4.95. The summed E-state index contributed by atoms with van der Waals surface area (Å²) in [6.07, 6.45) is 3.77. The first kappa shape index (κ1) is 11.0. The highest BCUT2D eigenvalue weighted by Gasteiger charge is 2.34. The molecule has 1 atom stereocenters. The third-order valence-electron chi connectivity index (χ3n) is 2.49. The van der Waals surface area contributed by atoms with Crippen molar-refractivity contribution in [3.05, 3.63) is 41.8 Å². The Morgan fingerprint density at radius 2 is 2.12 bits per heavy atom. The Morgan fingerprint density at radius 1 is 1.38 bits per heavy atom. The van der Waals surface area contributed by atoms with Gasteiger partial charge in [-0.2, -0.15) is 18.3 Å². The van der Waals surface area contributed by atoms with E-state index < -0.39 is 11.9 Å². The van der Waals surface area contributed by atoms with Crippen LogP contribution in [0.25, 0.3) is 0 Å². The third kappa shape index (κ3) is 2.03. The summed E-state index contributed by atoms with van der Waals surface area (Å²) in [7, 11) is 0. The van der Waals surface area contributed by atoms with Crippen molar-refractivity contribution in [3.63, 3.8) is 0 Å². The molecule has 0 saturated heterocycles. The summed E-state index contributed by atoms with van der Waals surface area (Å²) in [5.41, 5.74) is -0.301. The van der Waals surface area contributed by atoms with E-state index in [2.05, 4.69) is 5.10 Å². The first-order chi connectivity index (χ1) is 7.48. The fourth-order valence-corrected chi connectivity index (χ4v) is 1.71. The Hall–Kier alpha value is -1.52. The molecule has 5 heteroatoms. The number of nitrogens with zero attached hydrogens (tertiary/aromatic N) is 2. The minimum absolute atomic E-state index is 0.110. The molecule has 1 aliphatic carbocycles. The van der Waals surface area contributed by atoms with Gasteiger partial charge >= 0.3 is 6.18 Å². The maximum absolute atomic E-state index is 12.4. The molecule has 2 nitrogen and oxygen atoms in total. The van der Waals surface area contributed by atoms with Crippen molar-refractivity contribution in [3.8, 4) is 0 Å². The van der Waals surface area contributed by atoms with Crippen molar-refractivity contribution in [1.82, 2.24) is 9.78 Å². The number of allylic oxidation sites excluding steroid dienone is 4. The fourth-order valence-electron chi connectivity index (χ4n) is 1.71. The quantitative estimate of drug-likeness (QED) is 0.721. The average molecular weight is 228 g/mol. The van der Waals surface area contributed by atoms with Crippen LogP contribution < -0.4 is 0 Å². The summed E-state index contributed by atoms with van der Waals surface area (Å²) in [5, 5.41) is 3.61. The van der Waals surface area contributed by atoms with Crippen LogP contribution in [0.15, 0.2) is 30.4 Å². The molecule has 0 aromatic carbocycles. The Balaban J connectivity index is 2.32. The Kier molecular flexibility index (Phi) is 2.61. The third-order valence-corrected chi connectivity index (χ3v) is 2.49. The topological polar surface area (TPSA) is 17.8 Å². The van der Waals surface area contributed by atoms with E-state index in [4.69, 9.17) is 0 Å². The molecule has 16 heavy (non-hydrogen) atoms. The molecule has 0 spiro atoms. The Bertz CT molecular complexity index is 441. The molecule has 1 heterocycles. The molecule has 1 unspecified atom stereocenters. The molecular weight excluding hydrogens is 217 g/mol. The van der Waals surface area contributed by atoms with Gasteiger partial charge in [0.15, 0.2) is 5.69 Å². The lowest BCUT2D eigenvalue weighted by Crippen LogP contribution is -2.13. The Labute approximate surface area is 91.1 Å². The van der Waals surface area contributed by atoms with Crippen molar-refractivity contribution in [2.24, 2.45) is 0 Å². The Morgan fingerprint density at radius 3 is 2.62 bits per heavy atom. The van der Waals surface area contributed by atoms with Gasteiger partial charge < -0.3 is 0 Å². The van der Waals surface area contributed by atoms with Crippen LogP contribution in [-0.2, 0) is 6.18 Å². The van der Waals surface area contributed by atoms with Crippen LogP contribution in [0, 0.1) is 6.92 Å². The lowest BCUT2D eigenvalue weighted by atomic mass is 10.1. The maximum Gasteiger partial charge on any atom is 0.435 e. The summed E-state index contributed by atoms with van der Waals surface area (Å²) < 4.78 is 38.7. The van der Waals surface area contributed by atoms with Crippen molar-refractivity contribution in [2.75, 3.05) is 0 Å². The highest BCUT2D eigenvalue weighted by Crippen LogP contribution is 2.30. The zero-order chi connectivity index (χ0) is 11.8. The van der Waals surface area contributed by atoms with Crippen LogP contribution in [-0.4, -0.2) is 9.78 Å². The summed E-state index contributed by atoms with van der Waals surface area (Å²) in [5.74, 6) is 0. The molecular formula is C11H11F3N2. The van der Waals surface area contributed by atoms with Crippen LogP contribution in [0.3, 0.4) is 0 Å². The first-order valence-corrected chi connectivity index (χ1v) is 4.95. The van der Waals surface area contributed by atoms with E-state index in [0.717, 1.165) is 6.07 Å². The molecule has 0 amide bonds. The lowest BCUT2D eigenvalue weighted by Gasteiger charge is -2.15. The lowest BCUT2D eigenvalue weighted by molar-refractivity contribution is -0.141. The highest BCUT2D eigenvalue weighted by atomic mass is 19.4. The average Bonchev–Trinajstić information content (AvgIpc) is 2.61. The van der Waals surface area contributed by atoms with E-state index in [1.54, 1.807) is 6.92 Å². The molecule has 0 bridgehead atoms. The van der Waals surface area contributed by atoms with Gasteiger partial charge in [0.25, 0.3) is 0 Å². The monoisotopic (exact) mass is 228 g/mol. The number of aryl methyl sites for hydroxylation is 1. The van der Waals surface area contributed by atoms with E-state index in [9.17, 15) is 13.2 Å². The molecule has 0 radical (unpaired) electrons. The molecule has 0 fully saturated rings. The smallest absolute Gasteiger partial charge is 0.262 e. The van der Waals surface area contributed by atoms with Gasteiger partial charge in [-0.25, -0.2) is 0 Å². The second kappa shape index (κ2) is 3.81. The summed E-state index contributed by atoms with van der Waals surface area (Å²) in [6, 6.07) is 0.965. The van der Waals surface area contributed by atoms with Crippen molar-refractivity contribution >= 4 is 0 Å². The predicted molar refractivity (Wildman–Crippen MR) is 53.9 cm³/mol. The molecule has 86 valence electrons. The van der Waals surface area contributed by atoms with Gasteiger partial charge in [0.05, 0.1) is 6.04 Å². The van der Waals surface area contributed by atoms with E-state index >= 15 is 0 Å². The number of aromatic nitrogens is 2. The minimum atomic E-state index is -4.37. The van der Waals surface area contributed by atoms with Crippen molar-refractivity contribution < 1.29 is 13.2 Å². The van der Waals surface area contributed by atoms with Gasteiger partial charge in [0, 0.05) is 5.69 Å². The van der Waals surface area contributed by atoms with Crippen molar-refractivity contribution in [1.29, 1.82) is 0 Å². The number of rotatable bonds is 1. The standard InChI is InChI=1S/C11H11F3N2/c1-8-7-10(11(12,13)14)15-16(8)9-5-3-2-4-6-9/h2-5,7,9H,6H2,1H3. The SMILES string of the molecule is Cc1cc(C(F)(F)F)nn1C1C=CC=CC1. The van der Waals surface area contributed by atoms with Gasteiger partial charge in [0.2, 0.25) is 0 Å². The molecule has 1 aromatic heterocycles. The fraction of sp³-hybridized carbons (Fsp3) is 0.364. The van der Waals surface area contributed by atoms with Gasteiger partial charge in [-0.1, -0.05) is 24.3 Å². The molecule has 0 N–H and O–H groups in total. The van der Waals surface area contributed by atoms with E-state index in [1.165, 1.54) is 4.68 Å².